The van der Waals surface area contributed by atoms with Gasteiger partial charge in [0, 0.05) is 12.6 Å². The van der Waals surface area contributed by atoms with E-state index in [1.54, 1.807) is 0 Å². The third-order valence-corrected chi connectivity index (χ3v) is 3.54. The molecule has 0 aromatic heterocycles. The van der Waals surface area contributed by atoms with Crippen molar-refractivity contribution < 1.29 is 9.53 Å². The van der Waals surface area contributed by atoms with E-state index in [9.17, 15) is 4.79 Å². The van der Waals surface area contributed by atoms with E-state index >= 15 is 0 Å². The fourth-order valence-electron chi connectivity index (χ4n) is 2.50. The van der Waals surface area contributed by atoms with E-state index in [1.807, 2.05) is 6.92 Å². The molecule has 0 N–H and O–H groups in total. The molecule has 0 aromatic rings. The highest BCUT2D eigenvalue weighted by atomic mass is 16.5. The lowest BCUT2D eigenvalue weighted by Crippen LogP contribution is -2.51. The summed E-state index contributed by atoms with van der Waals surface area (Å²) in [6.07, 6.45) is 3.22. The summed E-state index contributed by atoms with van der Waals surface area (Å²) >= 11 is 0. The maximum absolute atomic E-state index is 11.9. The number of hydrogen-bond acceptors (Lipinski definition) is 4. The van der Waals surface area contributed by atoms with Crippen LogP contribution in [0.5, 0.6) is 0 Å². The second-order valence-electron chi connectivity index (χ2n) is 4.93. The fraction of sp³-hybridized carbons (Fsp3) is 0.923. The van der Waals surface area contributed by atoms with Gasteiger partial charge in [-0.1, -0.05) is 6.92 Å². The van der Waals surface area contributed by atoms with E-state index in [2.05, 4.69) is 30.8 Å². The summed E-state index contributed by atoms with van der Waals surface area (Å²) < 4.78 is 5.15. The molecule has 1 saturated heterocycles. The molecule has 2 unspecified atom stereocenters. The molecule has 1 fully saturated rings. The molecule has 0 aromatic carbocycles. The number of piperidine rings is 1. The molecule has 2 atom stereocenters. The van der Waals surface area contributed by atoms with Gasteiger partial charge in [0.1, 0.15) is 6.04 Å². The molecule has 100 valence electrons. The van der Waals surface area contributed by atoms with Gasteiger partial charge in [0.05, 0.1) is 6.61 Å². The van der Waals surface area contributed by atoms with Crippen molar-refractivity contribution in [2.45, 2.75) is 45.2 Å². The molecule has 1 aliphatic rings. The lowest BCUT2D eigenvalue weighted by molar-refractivity contribution is -0.150. The number of nitrogens with zero attached hydrogens (tertiary/aromatic N) is 2. The number of carbonyl (C=O) groups is 1. The standard InChI is InChI=1S/C13H26N2O2/c1-5-12(13(16)17-6-2)15-9-7-8-11(10-15)14(3)4/h11-12H,5-10H2,1-4H3. The summed E-state index contributed by atoms with van der Waals surface area (Å²) in [5.41, 5.74) is 0. The number of likely N-dealkylation sites (N-methyl/N-ethyl adjacent to an activating group) is 1. The van der Waals surface area contributed by atoms with Crippen molar-refractivity contribution in [3.05, 3.63) is 0 Å². The second kappa shape index (κ2) is 6.97. The zero-order valence-corrected chi connectivity index (χ0v) is 11.6. The molecule has 17 heavy (non-hydrogen) atoms. The molecule has 4 heteroatoms. The minimum Gasteiger partial charge on any atom is -0.465 e. The third kappa shape index (κ3) is 3.96. The van der Waals surface area contributed by atoms with Crippen molar-refractivity contribution in [3.8, 4) is 0 Å². The topological polar surface area (TPSA) is 32.8 Å². The minimum atomic E-state index is -0.0607. The molecule has 0 aliphatic carbocycles. The van der Waals surface area contributed by atoms with Crippen LogP contribution in [0.15, 0.2) is 0 Å². The van der Waals surface area contributed by atoms with E-state index in [1.165, 1.54) is 12.8 Å². The fourth-order valence-corrected chi connectivity index (χ4v) is 2.50. The van der Waals surface area contributed by atoms with Gasteiger partial charge in [-0.15, -0.1) is 0 Å². The van der Waals surface area contributed by atoms with Crippen LogP contribution in [0.25, 0.3) is 0 Å². The highest BCUT2D eigenvalue weighted by Crippen LogP contribution is 2.18. The van der Waals surface area contributed by atoms with Gasteiger partial charge in [0.15, 0.2) is 0 Å². The van der Waals surface area contributed by atoms with Crippen LogP contribution in [0.1, 0.15) is 33.1 Å². The first-order valence-electron chi connectivity index (χ1n) is 6.67. The highest BCUT2D eigenvalue weighted by molar-refractivity contribution is 5.75. The van der Waals surface area contributed by atoms with Crippen LogP contribution in [-0.4, -0.2) is 61.6 Å². The van der Waals surface area contributed by atoms with Crippen LogP contribution in [-0.2, 0) is 9.53 Å². The van der Waals surface area contributed by atoms with Crippen molar-refractivity contribution >= 4 is 5.97 Å². The van der Waals surface area contributed by atoms with Crippen LogP contribution < -0.4 is 0 Å². The average Bonchev–Trinajstić information content (AvgIpc) is 2.30. The van der Waals surface area contributed by atoms with E-state index in [4.69, 9.17) is 4.74 Å². The summed E-state index contributed by atoms with van der Waals surface area (Å²) in [6, 6.07) is 0.505. The minimum absolute atomic E-state index is 0.0577. The first-order valence-corrected chi connectivity index (χ1v) is 6.67. The summed E-state index contributed by atoms with van der Waals surface area (Å²) in [4.78, 5) is 16.4. The van der Waals surface area contributed by atoms with Crippen molar-refractivity contribution in [2.75, 3.05) is 33.8 Å². The van der Waals surface area contributed by atoms with E-state index in [-0.39, 0.29) is 12.0 Å². The van der Waals surface area contributed by atoms with Gasteiger partial charge in [-0.2, -0.15) is 0 Å². The van der Waals surface area contributed by atoms with Crippen LogP contribution in [0.2, 0.25) is 0 Å². The lowest BCUT2D eigenvalue weighted by atomic mass is 10.0. The Kier molecular flexibility index (Phi) is 5.92. The first-order chi connectivity index (χ1) is 8.10. The number of esters is 1. The molecule has 0 saturated carbocycles. The van der Waals surface area contributed by atoms with Gasteiger partial charge in [-0.3, -0.25) is 9.69 Å². The Labute approximate surface area is 105 Å². The predicted octanol–water partition coefficient (Wildman–Crippen LogP) is 1.35. The summed E-state index contributed by atoms with van der Waals surface area (Å²) in [5, 5.41) is 0. The van der Waals surface area contributed by atoms with Crippen molar-refractivity contribution in [2.24, 2.45) is 0 Å². The molecular weight excluding hydrogens is 216 g/mol. The monoisotopic (exact) mass is 242 g/mol. The molecule has 0 radical (unpaired) electrons. The number of ether oxygens (including phenoxy) is 1. The SMILES string of the molecule is CCOC(=O)C(CC)N1CCCC(N(C)C)C1. The van der Waals surface area contributed by atoms with Crippen molar-refractivity contribution in [1.82, 2.24) is 9.80 Å². The Morgan fingerprint density at radius 2 is 2.18 bits per heavy atom. The summed E-state index contributed by atoms with van der Waals surface area (Å²) in [7, 11) is 4.22. The van der Waals surface area contributed by atoms with Crippen molar-refractivity contribution in [3.63, 3.8) is 0 Å². The smallest absolute Gasteiger partial charge is 0.323 e. The van der Waals surface area contributed by atoms with Gasteiger partial charge in [-0.05, 0) is 46.8 Å². The number of hydrogen-bond donors (Lipinski definition) is 0. The van der Waals surface area contributed by atoms with Crippen LogP contribution in [0.4, 0.5) is 0 Å². The van der Waals surface area contributed by atoms with Crippen LogP contribution >= 0.6 is 0 Å². The van der Waals surface area contributed by atoms with E-state index in [0.29, 0.717) is 12.6 Å². The normalized spacial score (nSPS) is 23.7. The highest BCUT2D eigenvalue weighted by Gasteiger charge is 2.30. The first kappa shape index (κ1) is 14.5. The third-order valence-electron chi connectivity index (χ3n) is 3.54. The molecule has 1 aliphatic heterocycles. The number of carbonyl (C=O) groups excluding carboxylic acids is 1. The molecule has 0 amide bonds. The molecule has 0 spiro atoms. The van der Waals surface area contributed by atoms with E-state index in [0.717, 1.165) is 19.5 Å². The molecule has 1 heterocycles. The quantitative estimate of drug-likeness (QED) is 0.681. The molecule has 4 nitrogen and oxygen atoms in total. The Hall–Kier alpha value is -0.610. The van der Waals surface area contributed by atoms with Gasteiger partial charge in [-0.25, -0.2) is 0 Å². The predicted molar refractivity (Wildman–Crippen MR) is 69.0 cm³/mol. The van der Waals surface area contributed by atoms with Gasteiger partial charge < -0.3 is 9.64 Å². The van der Waals surface area contributed by atoms with Gasteiger partial charge >= 0.3 is 5.97 Å². The molecule has 1 rings (SSSR count). The Morgan fingerprint density at radius 3 is 2.71 bits per heavy atom. The zero-order valence-electron chi connectivity index (χ0n) is 11.6. The maximum atomic E-state index is 11.9. The maximum Gasteiger partial charge on any atom is 0.323 e. The van der Waals surface area contributed by atoms with Gasteiger partial charge in [0.2, 0.25) is 0 Å². The Morgan fingerprint density at radius 1 is 1.47 bits per heavy atom. The van der Waals surface area contributed by atoms with Gasteiger partial charge in [0.25, 0.3) is 0 Å². The number of likely N-dealkylation sites (tertiary alicyclic amines) is 1. The Balaban J connectivity index is 2.59. The van der Waals surface area contributed by atoms with E-state index < -0.39 is 0 Å². The average molecular weight is 242 g/mol. The summed E-state index contributed by atoms with van der Waals surface area (Å²) in [5.74, 6) is -0.0607. The molecule has 0 bridgehead atoms. The molecular formula is C13H26N2O2. The summed E-state index contributed by atoms with van der Waals surface area (Å²) in [6.45, 7) is 6.39. The van der Waals surface area contributed by atoms with Crippen molar-refractivity contribution in [1.29, 1.82) is 0 Å². The Bertz CT molecular complexity index is 244. The number of rotatable bonds is 5. The lowest BCUT2D eigenvalue weighted by Gasteiger charge is -2.39. The zero-order chi connectivity index (χ0) is 12.8. The van der Waals surface area contributed by atoms with Crippen LogP contribution in [0.3, 0.4) is 0 Å². The van der Waals surface area contributed by atoms with Crippen LogP contribution in [0, 0.1) is 0 Å². The largest absolute Gasteiger partial charge is 0.465 e. The second-order valence-corrected chi connectivity index (χ2v) is 4.93.